The standard InChI is InChI=1S/C19H33NO2/c1-6-15-14-10-13-11-19(14,7-8-22-15)17(18(13,4)5)20-16(21)9-12(2)3/h12-15,17H,6-11H2,1-5H3,(H,20,21)/t13-,14-,15-,17-,19-/m1/s1. The number of nitrogens with one attached hydrogen (secondary N) is 1. The van der Waals surface area contributed by atoms with Crippen molar-refractivity contribution in [2.75, 3.05) is 6.61 Å². The molecule has 2 saturated carbocycles. The number of carbonyl (C=O) groups excluding carboxylic acids is 1. The smallest absolute Gasteiger partial charge is 0.220 e. The lowest BCUT2D eigenvalue weighted by Crippen LogP contribution is -2.60. The lowest BCUT2D eigenvalue weighted by molar-refractivity contribution is -0.136. The van der Waals surface area contributed by atoms with E-state index in [4.69, 9.17) is 4.74 Å². The van der Waals surface area contributed by atoms with Crippen molar-refractivity contribution in [3.63, 3.8) is 0 Å². The number of hydrogen-bond acceptors (Lipinski definition) is 2. The Balaban J connectivity index is 1.85. The van der Waals surface area contributed by atoms with Crippen molar-refractivity contribution in [1.82, 2.24) is 5.32 Å². The number of amides is 1. The minimum absolute atomic E-state index is 0.221. The molecule has 1 aliphatic heterocycles. The quantitative estimate of drug-likeness (QED) is 0.858. The summed E-state index contributed by atoms with van der Waals surface area (Å²) in [7, 11) is 0. The van der Waals surface area contributed by atoms with Crippen LogP contribution in [0.1, 0.15) is 66.7 Å². The molecule has 3 aliphatic rings. The molecular weight excluding hydrogens is 274 g/mol. The van der Waals surface area contributed by atoms with Crippen molar-refractivity contribution in [3.8, 4) is 0 Å². The second-order valence-electron chi connectivity index (χ2n) is 8.96. The fourth-order valence-electron chi connectivity index (χ4n) is 5.90. The number of fused-ring (bicyclic) bond motifs is 1. The largest absolute Gasteiger partial charge is 0.378 e. The van der Waals surface area contributed by atoms with Crippen molar-refractivity contribution in [2.24, 2.45) is 28.6 Å². The van der Waals surface area contributed by atoms with Crippen LogP contribution in [-0.2, 0) is 9.53 Å². The summed E-state index contributed by atoms with van der Waals surface area (Å²) in [6.45, 7) is 12.1. The van der Waals surface area contributed by atoms with Gasteiger partial charge >= 0.3 is 0 Å². The van der Waals surface area contributed by atoms with Crippen LogP contribution in [0.25, 0.3) is 0 Å². The van der Waals surface area contributed by atoms with Crippen LogP contribution in [0.4, 0.5) is 0 Å². The number of rotatable bonds is 4. The third kappa shape index (κ3) is 2.31. The van der Waals surface area contributed by atoms with Gasteiger partial charge in [0.05, 0.1) is 6.10 Å². The second-order valence-corrected chi connectivity index (χ2v) is 8.96. The van der Waals surface area contributed by atoms with Gasteiger partial charge in [-0.25, -0.2) is 0 Å². The summed E-state index contributed by atoms with van der Waals surface area (Å²) in [5, 5.41) is 3.47. The zero-order chi connectivity index (χ0) is 16.1. The molecule has 5 atom stereocenters. The van der Waals surface area contributed by atoms with Crippen molar-refractivity contribution < 1.29 is 9.53 Å². The van der Waals surface area contributed by atoms with E-state index >= 15 is 0 Å². The van der Waals surface area contributed by atoms with E-state index in [1.165, 1.54) is 12.8 Å². The monoisotopic (exact) mass is 307 g/mol. The van der Waals surface area contributed by atoms with Crippen LogP contribution < -0.4 is 5.32 Å². The molecule has 22 heavy (non-hydrogen) atoms. The van der Waals surface area contributed by atoms with Gasteiger partial charge in [-0.15, -0.1) is 0 Å². The molecule has 3 rings (SSSR count). The molecule has 1 N–H and O–H groups in total. The van der Waals surface area contributed by atoms with Gasteiger partial charge in [0.1, 0.15) is 0 Å². The normalized spacial score (nSPS) is 42.5. The van der Waals surface area contributed by atoms with Crippen LogP contribution in [0.5, 0.6) is 0 Å². The van der Waals surface area contributed by atoms with Crippen molar-refractivity contribution >= 4 is 5.91 Å². The van der Waals surface area contributed by atoms with Crippen LogP contribution in [-0.4, -0.2) is 24.7 Å². The van der Waals surface area contributed by atoms with Crippen molar-refractivity contribution in [1.29, 1.82) is 0 Å². The number of carbonyl (C=O) groups is 1. The molecule has 1 heterocycles. The van der Waals surface area contributed by atoms with E-state index in [1.807, 2.05) is 0 Å². The Morgan fingerprint density at radius 1 is 1.36 bits per heavy atom. The maximum Gasteiger partial charge on any atom is 0.220 e. The fraction of sp³-hybridized carbons (Fsp3) is 0.947. The SMILES string of the molecule is CC[C@H]1OCC[C@@]23C[C@@H](C[C@H]12)C(C)(C)[C@H]3NC(=O)CC(C)C. The minimum atomic E-state index is 0.221. The first-order chi connectivity index (χ1) is 10.3. The molecule has 126 valence electrons. The maximum atomic E-state index is 12.5. The zero-order valence-electron chi connectivity index (χ0n) is 14.9. The van der Waals surface area contributed by atoms with E-state index in [9.17, 15) is 4.79 Å². The van der Waals surface area contributed by atoms with E-state index in [2.05, 4.69) is 39.9 Å². The molecule has 1 amide bonds. The Morgan fingerprint density at radius 3 is 2.73 bits per heavy atom. The first-order valence-electron chi connectivity index (χ1n) is 9.22. The second kappa shape index (κ2) is 5.51. The average Bonchev–Trinajstić information content (AvgIpc) is 2.91. The highest BCUT2D eigenvalue weighted by Crippen LogP contribution is 2.68. The van der Waals surface area contributed by atoms with Crippen LogP contribution in [0.3, 0.4) is 0 Å². The van der Waals surface area contributed by atoms with Gasteiger partial charge in [0.25, 0.3) is 0 Å². The molecule has 2 bridgehead atoms. The van der Waals surface area contributed by atoms with Crippen LogP contribution in [0.2, 0.25) is 0 Å². The third-order valence-electron chi connectivity index (χ3n) is 6.92. The first kappa shape index (κ1) is 16.3. The van der Waals surface area contributed by atoms with E-state index < -0.39 is 0 Å². The van der Waals surface area contributed by atoms with Gasteiger partial charge in [-0.05, 0) is 54.3 Å². The molecule has 3 heteroatoms. The summed E-state index contributed by atoms with van der Waals surface area (Å²) in [6, 6.07) is 0.327. The van der Waals surface area contributed by atoms with Gasteiger partial charge in [-0.2, -0.15) is 0 Å². The van der Waals surface area contributed by atoms with E-state index in [0.717, 1.165) is 25.4 Å². The summed E-state index contributed by atoms with van der Waals surface area (Å²) < 4.78 is 6.06. The van der Waals surface area contributed by atoms with E-state index in [-0.39, 0.29) is 11.3 Å². The maximum absolute atomic E-state index is 12.5. The van der Waals surface area contributed by atoms with Gasteiger partial charge in [0.15, 0.2) is 0 Å². The molecule has 0 unspecified atom stereocenters. The summed E-state index contributed by atoms with van der Waals surface area (Å²) >= 11 is 0. The Kier molecular flexibility index (Phi) is 4.08. The first-order valence-corrected chi connectivity index (χ1v) is 9.22. The molecule has 1 saturated heterocycles. The predicted molar refractivity (Wildman–Crippen MR) is 88.5 cm³/mol. The summed E-state index contributed by atoms with van der Waals surface area (Å²) in [6.07, 6.45) is 5.86. The van der Waals surface area contributed by atoms with Crippen molar-refractivity contribution in [2.45, 2.75) is 78.9 Å². The molecular formula is C19H33NO2. The molecule has 0 aromatic rings. The van der Waals surface area contributed by atoms with Gasteiger partial charge in [-0.3, -0.25) is 4.79 Å². The lowest BCUT2D eigenvalue weighted by atomic mass is 9.59. The van der Waals surface area contributed by atoms with Gasteiger partial charge in [0, 0.05) is 19.1 Å². The van der Waals surface area contributed by atoms with Gasteiger partial charge in [0.2, 0.25) is 5.91 Å². The Hall–Kier alpha value is -0.570. The van der Waals surface area contributed by atoms with Crippen molar-refractivity contribution in [3.05, 3.63) is 0 Å². The molecule has 0 radical (unpaired) electrons. The molecule has 1 spiro atoms. The summed E-state index contributed by atoms with van der Waals surface area (Å²) in [5.41, 5.74) is 0.512. The molecule has 0 aromatic heterocycles. The summed E-state index contributed by atoms with van der Waals surface area (Å²) in [4.78, 5) is 12.5. The zero-order valence-corrected chi connectivity index (χ0v) is 14.9. The molecule has 2 aliphatic carbocycles. The highest BCUT2D eigenvalue weighted by atomic mass is 16.5. The Morgan fingerprint density at radius 2 is 2.09 bits per heavy atom. The van der Waals surface area contributed by atoms with Crippen LogP contribution in [0.15, 0.2) is 0 Å². The van der Waals surface area contributed by atoms with E-state index in [0.29, 0.717) is 35.8 Å². The highest BCUT2D eigenvalue weighted by Gasteiger charge is 2.68. The van der Waals surface area contributed by atoms with E-state index in [1.54, 1.807) is 0 Å². The highest BCUT2D eigenvalue weighted by molar-refractivity contribution is 5.76. The fourth-order valence-corrected chi connectivity index (χ4v) is 5.90. The summed E-state index contributed by atoms with van der Waals surface area (Å²) in [5.74, 6) is 2.05. The predicted octanol–water partition coefficient (Wildman–Crippen LogP) is 3.77. The topological polar surface area (TPSA) is 38.3 Å². The number of ether oxygens (including phenoxy) is 1. The minimum Gasteiger partial charge on any atom is -0.378 e. The lowest BCUT2D eigenvalue weighted by Gasteiger charge is -2.53. The Bertz CT molecular complexity index is 445. The number of hydrogen-bond donors (Lipinski definition) is 1. The van der Waals surface area contributed by atoms with Crippen LogP contribution >= 0.6 is 0 Å². The van der Waals surface area contributed by atoms with Gasteiger partial charge < -0.3 is 10.1 Å². The average molecular weight is 307 g/mol. The van der Waals surface area contributed by atoms with Gasteiger partial charge in [-0.1, -0.05) is 34.6 Å². The molecule has 3 nitrogen and oxygen atoms in total. The molecule has 0 aromatic carbocycles. The van der Waals surface area contributed by atoms with Crippen LogP contribution in [0, 0.1) is 28.6 Å². The third-order valence-corrected chi connectivity index (χ3v) is 6.92. The molecule has 3 fully saturated rings. The Labute approximate surface area is 135 Å².